The van der Waals surface area contributed by atoms with Crippen molar-refractivity contribution in [3.05, 3.63) is 64.2 Å². The number of rotatable bonds is 5. The highest BCUT2D eigenvalue weighted by Gasteiger charge is 2.73. The Morgan fingerprint density at radius 3 is 2.18 bits per heavy atom. The number of Topliss-reactive ketones (excluding diaryl/α,β-unsaturated/α-hetero) is 4. The van der Waals surface area contributed by atoms with Gasteiger partial charge >= 0.3 is 6.03 Å². The number of urea groups is 1. The van der Waals surface area contributed by atoms with Gasteiger partial charge in [0.15, 0.2) is 23.0 Å². The lowest BCUT2D eigenvalue weighted by molar-refractivity contribution is -0.192. The van der Waals surface area contributed by atoms with E-state index in [2.05, 4.69) is 10.6 Å². The number of anilines is 2. The Labute approximate surface area is 263 Å². The Kier molecular flexibility index (Phi) is 7.72. The maximum atomic E-state index is 14.6. The summed E-state index contributed by atoms with van der Waals surface area (Å²) in [6.45, 7) is 14.3. The van der Waals surface area contributed by atoms with Crippen LogP contribution in [-0.2, 0) is 20.8 Å². The molecule has 2 aromatic carbocycles. The summed E-state index contributed by atoms with van der Waals surface area (Å²) < 4.78 is 0. The number of hydrogen-bond acceptors (Lipinski definition) is 7. The summed E-state index contributed by atoms with van der Waals surface area (Å²) in [5.41, 5.74) is -2.78. The van der Waals surface area contributed by atoms with Gasteiger partial charge in [-0.15, -0.1) is 0 Å². The van der Waals surface area contributed by atoms with E-state index < -0.39 is 63.2 Å². The third-order valence-corrected chi connectivity index (χ3v) is 10.5. The van der Waals surface area contributed by atoms with Gasteiger partial charge in [0.2, 0.25) is 5.78 Å². The zero-order valence-electron chi connectivity index (χ0n) is 27.1. The summed E-state index contributed by atoms with van der Waals surface area (Å²) in [5.74, 6) is -5.81. The van der Waals surface area contributed by atoms with Crippen LogP contribution in [0.1, 0.15) is 89.2 Å². The molecule has 0 heterocycles. The molecule has 2 amide bonds. The first-order valence-corrected chi connectivity index (χ1v) is 15.5. The van der Waals surface area contributed by atoms with E-state index >= 15 is 0 Å². The standard InChI is InChI=1S/C36H42N2O7/c1-17(2)22-14-24(38-33(44)37-21-12-10-9-11-13-21)29(40)26-23(22)15-34(7)16-35(8)27(18(3)4)19(5)25(20(6)39)31(42)36(35,45)32(43)28(34)30(26)41/h9-14,17-18,27-28,40,45H,15-16H2,1-8H3,(H2,37,38,44)/t27-,28?,34+,35+,36-/m1/s1. The number of carbonyl (C=O) groups is 5. The zero-order valence-corrected chi connectivity index (χ0v) is 27.1. The molecule has 1 unspecified atom stereocenters. The smallest absolute Gasteiger partial charge is 0.323 e. The Bertz CT molecular complexity index is 1690. The molecule has 3 aliphatic carbocycles. The maximum absolute atomic E-state index is 14.6. The fraction of sp³-hybridized carbons (Fsp3) is 0.472. The Balaban J connectivity index is 1.66. The molecule has 0 radical (unpaired) electrons. The molecule has 9 heteroatoms. The second kappa shape index (κ2) is 10.8. The third-order valence-electron chi connectivity index (χ3n) is 10.5. The number of carbonyl (C=O) groups excluding carboxylic acids is 5. The first-order chi connectivity index (χ1) is 20.9. The van der Waals surface area contributed by atoms with Crippen molar-refractivity contribution in [1.29, 1.82) is 0 Å². The quantitative estimate of drug-likeness (QED) is 0.184. The predicted octanol–water partition coefficient (Wildman–Crippen LogP) is 5.99. The monoisotopic (exact) mass is 614 g/mol. The maximum Gasteiger partial charge on any atom is 0.323 e. The number of hydrogen-bond donors (Lipinski definition) is 4. The number of amides is 2. The van der Waals surface area contributed by atoms with Gasteiger partial charge in [0.05, 0.1) is 22.7 Å². The van der Waals surface area contributed by atoms with Gasteiger partial charge in [0.25, 0.3) is 0 Å². The second-order valence-electron chi connectivity index (χ2n) is 14.3. The number of phenols is 1. The summed E-state index contributed by atoms with van der Waals surface area (Å²) in [6.07, 6.45) is 0.391. The van der Waals surface area contributed by atoms with Gasteiger partial charge < -0.3 is 20.8 Å². The Hall–Kier alpha value is -4.11. The number of nitrogens with one attached hydrogen (secondary N) is 2. The van der Waals surface area contributed by atoms with Crippen LogP contribution in [0.5, 0.6) is 5.75 Å². The van der Waals surface area contributed by atoms with E-state index in [0.717, 1.165) is 5.56 Å². The first-order valence-electron chi connectivity index (χ1n) is 15.5. The normalized spacial score (nSPS) is 29.4. The zero-order chi connectivity index (χ0) is 33.4. The lowest BCUT2D eigenvalue weighted by Crippen LogP contribution is -2.73. The molecule has 0 aliphatic heterocycles. The van der Waals surface area contributed by atoms with Gasteiger partial charge in [-0.3, -0.25) is 19.2 Å². The molecule has 4 N–H and O–H groups in total. The van der Waals surface area contributed by atoms with Gasteiger partial charge in [0, 0.05) is 11.1 Å². The van der Waals surface area contributed by atoms with Gasteiger partial charge in [-0.05, 0) is 79.2 Å². The molecule has 5 rings (SSSR count). The van der Waals surface area contributed by atoms with Crippen LogP contribution in [0.4, 0.5) is 16.2 Å². The SMILES string of the molecule is CC(=O)C1=C(C)[C@@H](C(C)C)[C@]2(C)C[C@]3(C)Cc4c(C(C)C)cc(NC(=O)Nc5ccccc5)c(O)c4C(=O)C3C(=O)[C@]2(O)C1=O. The van der Waals surface area contributed by atoms with Crippen LogP contribution >= 0.6 is 0 Å². The molecule has 1 saturated carbocycles. The van der Waals surface area contributed by atoms with E-state index in [-0.39, 0.29) is 41.5 Å². The van der Waals surface area contributed by atoms with Crippen molar-refractivity contribution in [3.63, 3.8) is 0 Å². The molecule has 1 fully saturated rings. The van der Waals surface area contributed by atoms with E-state index in [0.29, 0.717) is 16.8 Å². The van der Waals surface area contributed by atoms with Gasteiger partial charge in [0.1, 0.15) is 5.75 Å². The minimum Gasteiger partial charge on any atom is -0.505 e. The van der Waals surface area contributed by atoms with Crippen LogP contribution in [0.25, 0.3) is 0 Å². The highest BCUT2D eigenvalue weighted by Crippen LogP contribution is 2.65. The summed E-state index contributed by atoms with van der Waals surface area (Å²) in [6, 6.07) is 9.76. The minimum absolute atomic E-state index is 0.000631. The number of ketones is 4. The third kappa shape index (κ3) is 4.57. The number of aromatic hydroxyl groups is 1. The van der Waals surface area contributed by atoms with Crippen molar-refractivity contribution in [3.8, 4) is 5.75 Å². The molecule has 2 aromatic rings. The Morgan fingerprint density at radius 1 is 1.00 bits per heavy atom. The van der Waals surface area contributed by atoms with E-state index in [1.54, 1.807) is 50.2 Å². The van der Waals surface area contributed by atoms with Crippen LogP contribution in [0.3, 0.4) is 0 Å². The van der Waals surface area contributed by atoms with Crippen molar-refractivity contribution < 1.29 is 34.2 Å². The molecule has 5 atom stereocenters. The van der Waals surface area contributed by atoms with Crippen LogP contribution in [-0.4, -0.2) is 45.0 Å². The van der Waals surface area contributed by atoms with Crippen molar-refractivity contribution in [2.24, 2.45) is 28.6 Å². The van der Waals surface area contributed by atoms with E-state index in [1.807, 2.05) is 34.6 Å². The van der Waals surface area contributed by atoms with Crippen LogP contribution in [0.15, 0.2) is 47.5 Å². The summed E-state index contributed by atoms with van der Waals surface area (Å²) in [4.78, 5) is 68.8. The fourth-order valence-electron chi connectivity index (χ4n) is 9.00. The average molecular weight is 615 g/mol. The second-order valence-corrected chi connectivity index (χ2v) is 14.3. The molecule has 0 aromatic heterocycles. The average Bonchev–Trinajstić information content (AvgIpc) is 2.92. The number of para-hydroxylation sites is 1. The Morgan fingerprint density at radius 2 is 1.62 bits per heavy atom. The van der Waals surface area contributed by atoms with Crippen molar-refractivity contribution >= 4 is 40.5 Å². The van der Waals surface area contributed by atoms with Crippen LogP contribution in [0, 0.1) is 28.6 Å². The van der Waals surface area contributed by atoms with Crippen LogP contribution < -0.4 is 10.6 Å². The van der Waals surface area contributed by atoms with E-state index in [9.17, 15) is 34.2 Å². The molecule has 238 valence electrons. The highest BCUT2D eigenvalue weighted by atomic mass is 16.3. The summed E-state index contributed by atoms with van der Waals surface area (Å²) >= 11 is 0. The molecule has 45 heavy (non-hydrogen) atoms. The number of fused-ring (bicyclic) bond motifs is 3. The highest BCUT2D eigenvalue weighted by molar-refractivity contribution is 6.33. The molecule has 9 nitrogen and oxygen atoms in total. The summed E-state index contributed by atoms with van der Waals surface area (Å²) in [5, 5.41) is 29.1. The van der Waals surface area contributed by atoms with E-state index in [1.165, 1.54) is 6.92 Å². The largest absolute Gasteiger partial charge is 0.505 e. The molecule has 0 spiro atoms. The topological polar surface area (TPSA) is 150 Å². The molecule has 0 saturated heterocycles. The molecule has 0 bridgehead atoms. The number of aliphatic hydroxyl groups is 1. The van der Waals surface area contributed by atoms with Gasteiger partial charge in [-0.25, -0.2) is 4.79 Å². The molecular weight excluding hydrogens is 572 g/mol. The van der Waals surface area contributed by atoms with Crippen molar-refractivity contribution in [2.45, 2.75) is 79.8 Å². The van der Waals surface area contributed by atoms with Crippen LogP contribution in [0.2, 0.25) is 0 Å². The number of phenolic OH excluding ortho intramolecular Hbond substituents is 1. The van der Waals surface area contributed by atoms with Crippen molar-refractivity contribution in [1.82, 2.24) is 0 Å². The number of benzene rings is 2. The lowest BCUT2D eigenvalue weighted by atomic mass is 9.40. The van der Waals surface area contributed by atoms with Gasteiger partial charge in [-0.2, -0.15) is 0 Å². The number of allylic oxidation sites excluding steroid dienone is 1. The summed E-state index contributed by atoms with van der Waals surface area (Å²) in [7, 11) is 0. The lowest BCUT2D eigenvalue weighted by Gasteiger charge is -2.62. The van der Waals surface area contributed by atoms with Gasteiger partial charge in [-0.1, -0.05) is 65.3 Å². The molecular formula is C36H42N2O7. The minimum atomic E-state index is -2.61. The molecule has 3 aliphatic rings. The van der Waals surface area contributed by atoms with E-state index in [4.69, 9.17) is 0 Å². The van der Waals surface area contributed by atoms with Crippen molar-refractivity contribution in [2.75, 3.05) is 10.6 Å². The fourth-order valence-corrected chi connectivity index (χ4v) is 9.00. The predicted molar refractivity (Wildman–Crippen MR) is 170 cm³/mol. The first kappa shape index (κ1) is 32.3.